The summed E-state index contributed by atoms with van der Waals surface area (Å²) in [5.41, 5.74) is 15.7. The van der Waals surface area contributed by atoms with E-state index in [0.29, 0.717) is 47.2 Å². The highest BCUT2D eigenvalue weighted by Crippen LogP contribution is 2.39. The Bertz CT molecular complexity index is 1620. The highest BCUT2D eigenvalue weighted by molar-refractivity contribution is 7.92. The highest BCUT2D eigenvalue weighted by Gasteiger charge is 2.25. The molecule has 4 aromatic rings. The van der Waals surface area contributed by atoms with E-state index in [9.17, 15) is 8.42 Å². The second kappa shape index (κ2) is 13.5. The number of aromatic nitrogens is 2. The number of hydrogen-bond donors (Lipinski definition) is 2. The third kappa shape index (κ3) is 7.39. The predicted molar refractivity (Wildman–Crippen MR) is 170 cm³/mol. The van der Waals surface area contributed by atoms with Gasteiger partial charge in [0.25, 0.3) is 10.0 Å². The minimum absolute atomic E-state index is 0.107. The van der Waals surface area contributed by atoms with Crippen LogP contribution in [0.15, 0.2) is 71.8 Å². The summed E-state index contributed by atoms with van der Waals surface area (Å²) in [6.45, 7) is 2.32. The Labute approximate surface area is 253 Å². The van der Waals surface area contributed by atoms with Crippen molar-refractivity contribution < 1.29 is 22.6 Å². The molecule has 0 saturated heterocycles. The first-order chi connectivity index (χ1) is 20.5. The molecule has 43 heavy (non-hydrogen) atoms. The van der Waals surface area contributed by atoms with E-state index in [4.69, 9.17) is 25.7 Å². The number of hydrogen-bond acceptors (Lipinski definition) is 10. The molecule has 0 unspecified atom stereocenters. The van der Waals surface area contributed by atoms with Gasteiger partial charge in [0.15, 0.2) is 11.5 Å². The summed E-state index contributed by atoms with van der Waals surface area (Å²) in [4.78, 5) is 10.2. The average Bonchev–Trinajstić information content (AvgIpc) is 2.98. The van der Waals surface area contributed by atoms with E-state index in [0.717, 1.165) is 16.8 Å². The highest BCUT2D eigenvalue weighted by atomic mass is 32.2. The Morgan fingerprint density at radius 1 is 0.884 bits per heavy atom. The molecule has 0 bridgehead atoms. The lowest BCUT2D eigenvalue weighted by atomic mass is 10.1. The van der Waals surface area contributed by atoms with Crippen LogP contribution in [0.5, 0.6) is 17.2 Å². The second-order valence-corrected chi connectivity index (χ2v) is 12.0. The van der Waals surface area contributed by atoms with Crippen LogP contribution in [0.1, 0.15) is 23.1 Å². The smallest absolute Gasteiger partial charge is 0.264 e. The number of nitrogen functional groups attached to an aromatic ring is 2. The largest absolute Gasteiger partial charge is 0.493 e. The van der Waals surface area contributed by atoms with Gasteiger partial charge < -0.3 is 30.6 Å². The predicted octanol–water partition coefficient (Wildman–Crippen LogP) is 4.29. The first kappa shape index (κ1) is 31.2. The molecule has 0 radical (unpaired) electrons. The fraction of sp³-hybridized carbons (Fsp3) is 0.290. The average molecular weight is 607 g/mol. The standard InChI is InChI=1S/C31H38N6O5S/c1-21-7-13-26(14-8-21)43(38,39)37(25-11-9-24(10-12-25)36(2)3)15-6-16-42-29-27(40-4)18-22(19-28(29)41-5)17-23-20-34-31(33)35-30(23)32/h7-14,18-20H,6,15-17H2,1-5H3,(H4,32,33,34,35). The number of anilines is 4. The molecule has 0 fully saturated rings. The molecule has 0 saturated carbocycles. The fourth-order valence-corrected chi connectivity index (χ4v) is 6.00. The molecular weight excluding hydrogens is 568 g/mol. The van der Waals surface area contributed by atoms with Gasteiger partial charge in [-0.3, -0.25) is 4.31 Å². The Morgan fingerprint density at radius 2 is 1.49 bits per heavy atom. The lowest BCUT2D eigenvalue weighted by molar-refractivity contribution is 0.272. The molecule has 12 heteroatoms. The Balaban J connectivity index is 1.53. The Kier molecular flexibility index (Phi) is 9.81. The minimum atomic E-state index is -3.83. The summed E-state index contributed by atoms with van der Waals surface area (Å²) < 4.78 is 46.3. The zero-order valence-corrected chi connectivity index (χ0v) is 25.9. The molecule has 228 valence electrons. The maximum atomic E-state index is 13.8. The molecule has 0 aliphatic carbocycles. The van der Waals surface area contributed by atoms with Crippen LogP contribution in [-0.4, -0.2) is 59.9 Å². The van der Waals surface area contributed by atoms with Gasteiger partial charge in [0, 0.05) is 50.9 Å². The van der Waals surface area contributed by atoms with Gasteiger partial charge in [-0.1, -0.05) is 17.7 Å². The number of ether oxygens (including phenoxy) is 3. The van der Waals surface area contributed by atoms with Gasteiger partial charge in [-0.05, 0) is 61.0 Å². The van der Waals surface area contributed by atoms with Crippen LogP contribution in [0.25, 0.3) is 0 Å². The molecule has 0 aliphatic heterocycles. The summed E-state index contributed by atoms with van der Waals surface area (Å²) in [7, 11) is 3.12. The minimum Gasteiger partial charge on any atom is -0.493 e. The summed E-state index contributed by atoms with van der Waals surface area (Å²) in [6.07, 6.45) is 2.41. The zero-order chi connectivity index (χ0) is 31.1. The van der Waals surface area contributed by atoms with Crippen LogP contribution < -0.4 is 34.9 Å². The monoisotopic (exact) mass is 606 g/mol. The van der Waals surface area contributed by atoms with Crippen LogP contribution in [0.4, 0.5) is 23.1 Å². The van der Waals surface area contributed by atoms with Crippen molar-refractivity contribution >= 4 is 33.2 Å². The van der Waals surface area contributed by atoms with Gasteiger partial charge in [0.2, 0.25) is 11.7 Å². The van der Waals surface area contributed by atoms with E-state index in [2.05, 4.69) is 9.97 Å². The number of benzene rings is 3. The van der Waals surface area contributed by atoms with E-state index in [1.54, 1.807) is 44.7 Å². The van der Waals surface area contributed by atoms with E-state index in [1.807, 2.05) is 62.3 Å². The van der Waals surface area contributed by atoms with Crippen LogP contribution in [0.2, 0.25) is 0 Å². The van der Waals surface area contributed by atoms with Crippen molar-refractivity contribution in [2.24, 2.45) is 0 Å². The van der Waals surface area contributed by atoms with Crippen molar-refractivity contribution in [2.75, 3.05) is 62.1 Å². The molecule has 1 aromatic heterocycles. The number of methoxy groups -OCH3 is 2. The summed E-state index contributed by atoms with van der Waals surface area (Å²) >= 11 is 0. The topological polar surface area (TPSA) is 146 Å². The number of nitrogens with two attached hydrogens (primary N) is 2. The first-order valence-corrected chi connectivity index (χ1v) is 15.1. The molecule has 3 aromatic carbocycles. The van der Waals surface area contributed by atoms with E-state index in [1.165, 1.54) is 4.31 Å². The van der Waals surface area contributed by atoms with Crippen LogP contribution >= 0.6 is 0 Å². The van der Waals surface area contributed by atoms with Gasteiger partial charge in [-0.2, -0.15) is 4.98 Å². The van der Waals surface area contributed by atoms with Gasteiger partial charge in [0.1, 0.15) is 5.82 Å². The first-order valence-electron chi connectivity index (χ1n) is 13.6. The lowest BCUT2D eigenvalue weighted by Gasteiger charge is -2.25. The summed E-state index contributed by atoms with van der Waals surface area (Å²) in [5.74, 6) is 1.75. The zero-order valence-electron chi connectivity index (χ0n) is 25.1. The number of sulfonamides is 1. The van der Waals surface area contributed by atoms with Crippen LogP contribution in [0.3, 0.4) is 0 Å². The van der Waals surface area contributed by atoms with Crippen molar-refractivity contribution in [3.8, 4) is 17.2 Å². The summed E-state index contributed by atoms with van der Waals surface area (Å²) in [5, 5.41) is 0. The number of nitrogens with zero attached hydrogens (tertiary/aromatic N) is 4. The van der Waals surface area contributed by atoms with Crippen molar-refractivity contribution in [3.63, 3.8) is 0 Å². The Morgan fingerprint density at radius 3 is 2.05 bits per heavy atom. The molecule has 4 rings (SSSR count). The van der Waals surface area contributed by atoms with Crippen molar-refractivity contribution in [3.05, 3.63) is 83.6 Å². The normalized spacial score (nSPS) is 11.2. The maximum absolute atomic E-state index is 13.8. The molecule has 0 aliphatic rings. The van der Waals surface area contributed by atoms with Crippen LogP contribution in [-0.2, 0) is 16.4 Å². The van der Waals surface area contributed by atoms with Crippen molar-refractivity contribution in [1.82, 2.24) is 9.97 Å². The van der Waals surface area contributed by atoms with Gasteiger partial charge >= 0.3 is 0 Å². The Hall–Kier alpha value is -4.71. The molecule has 1 heterocycles. The molecule has 0 amide bonds. The van der Waals surface area contributed by atoms with Crippen LogP contribution in [0, 0.1) is 6.92 Å². The summed E-state index contributed by atoms with van der Waals surface area (Å²) in [6, 6.07) is 17.9. The molecule has 11 nitrogen and oxygen atoms in total. The van der Waals surface area contributed by atoms with E-state index in [-0.39, 0.29) is 24.0 Å². The van der Waals surface area contributed by atoms with Crippen molar-refractivity contribution in [2.45, 2.75) is 24.7 Å². The van der Waals surface area contributed by atoms with Gasteiger partial charge in [0.05, 0.1) is 31.4 Å². The lowest BCUT2D eigenvalue weighted by Crippen LogP contribution is -2.33. The quantitative estimate of drug-likeness (QED) is 0.211. The van der Waals surface area contributed by atoms with Gasteiger partial charge in [-0.15, -0.1) is 0 Å². The molecular formula is C31H38N6O5S. The van der Waals surface area contributed by atoms with E-state index >= 15 is 0 Å². The third-order valence-electron chi connectivity index (χ3n) is 6.85. The second-order valence-electron chi connectivity index (χ2n) is 10.1. The van der Waals surface area contributed by atoms with Crippen molar-refractivity contribution in [1.29, 1.82) is 0 Å². The number of rotatable bonds is 13. The molecule has 0 atom stereocenters. The third-order valence-corrected chi connectivity index (χ3v) is 8.69. The van der Waals surface area contributed by atoms with E-state index < -0.39 is 10.0 Å². The molecule has 0 spiro atoms. The maximum Gasteiger partial charge on any atom is 0.264 e. The number of aryl methyl sites for hydroxylation is 1. The molecule has 4 N–H and O–H groups in total. The SMILES string of the molecule is COc1cc(Cc2cnc(N)nc2N)cc(OC)c1OCCCN(c1ccc(N(C)C)cc1)S(=O)(=O)c1ccc(C)cc1. The van der Waals surface area contributed by atoms with Gasteiger partial charge in [-0.25, -0.2) is 13.4 Å². The fourth-order valence-electron chi connectivity index (χ4n) is 4.49.